The molecule has 61 heavy (non-hydrogen) atoms. The Morgan fingerprint density at radius 1 is 0.803 bits per heavy atom. The minimum Gasteiger partial charge on any atom is -0.458 e. The zero-order valence-electron chi connectivity index (χ0n) is 38.2. The highest BCUT2D eigenvalue weighted by atomic mass is 16.7. The predicted molar refractivity (Wildman–Crippen MR) is 222 cm³/mol. The van der Waals surface area contributed by atoms with Crippen LogP contribution in [0.2, 0.25) is 0 Å². The van der Waals surface area contributed by atoms with Crippen molar-refractivity contribution in [2.24, 2.45) is 34.5 Å². The Labute approximate surface area is 362 Å². The quantitative estimate of drug-likeness (QED) is 0.144. The molecule has 3 aliphatic heterocycles. The lowest BCUT2D eigenvalue weighted by molar-refractivity contribution is -0.348. The highest BCUT2D eigenvalue weighted by Gasteiger charge is 2.69. The van der Waals surface area contributed by atoms with Gasteiger partial charge in [0.2, 0.25) is 0 Å². The fourth-order valence-electron chi connectivity index (χ4n) is 13.2. The van der Waals surface area contributed by atoms with E-state index in [-0.39, 0.29) is 53.7 Å². The van der Waals surface area contributed by atoms with Gasteiger partial charge in [0.15, 0.2) is 12.6 Å². The third kappa shape index (κ3) is 8.14. The lowest BCUT2D eigenvalue weighted by atomic mass is 9.44. The molecule has 3 saturated heterocycles. The van der Waals surface area contributed by atoms with Crippen LogP contribution in [0.4, 0.5) is 0 Å². The summed E-state index contributed by atoms with van der Waals surface area (Å²) < 4.78 is 56.1. The molecule has 7 aliphatic rings. The Bertz CT molecular complexity index is 1650. The number of methoxy groups -OCH3 is 3. The van der Waals surface area contributed by atoms with E-state index in [0.29, 0.717) is 37.7 Å². The first kappa shape index (κ1) is 47.2. The number of ketones is 1. The van der Waals surface area contributed by atoms with Crippen molar-refractivity contribution in [1.82, 2.24) is 0 Å². The van der Waals surface area contributed by atoms with E-state index in [1.165, 1.54) is 12.7 Å². The summed E-state index contributed by atoms with van der Waals surface area (Å²) in [6.07, 6.45) is 1.22. The molecule has 0 radical (unpaired) electrons. The number of carbonyl (C=O) groups excluding carboxylic acids is 2. The van der Waals surface area contributed by atoms with Gasteiger partial charge in [0.25, 0.3) is 0 Å². The zero-order chi connectivity index (χ0) is 44.3. The van der Waals surface area contributed by atoms with Crippen LogP contribution in [0.15, 0.2) is 23.3 Å². The van der Waals surface area contributed by atoms with Crippen LogP contribution in [0.5, 0.6) is 0 Å². The summed E-state index contributed by atoms with van der Waals surface area (Å²) in [4.78, 5) is 26.5. The van der Waals surface area contributed by atoms with E-state index >= 15 is 0 Å². The Kier molecular flexibility index (Phi) is 14.1. The largest absolute Gasteiger partial charge is 0.458 e. The minimum atomic E-state index is -1.22. The molecule has 6 fully saturated rings. The lowest BCUT2D eigenvalue weighted by Crippen LogP contribution is -2.63. The van der Waals surface area contributed by atoms with E-state index < -0.39 is 83.9 Å². The number of ether oxygens (including phenoxy) is 9. The summed E-state index contributed by atoms with van der Waals surface area (Å²) in [5, 5.41) is 34.0. The van der Waals surface area contributed by atoms with E-state index in [9.17, 15) is 24.9 Å². The van der Waals surface area contributed by atoms with E-state index in [1.54, 1.807) is 41.1 Å². The highest BCUT2D eigenvalue weighted by molar-refractivity contribution is 5.87. The van der Waals surface area contributed by atoms with Gasteiger partial charge in [-0.15, -0.1) is 0 Å². The SMILES string of the molecule is C/C=C(\C)C(=O)O[C@@H]1C[C@H]([C@H]2C[C@H](OC)[C@H](O[C@H]3C[C@H](OC)[C@H](O[C@@H]4O[C@H](C)[C@@H](O)[C@H](OC)[C@H]4O)[C@@H](C)O3)[C@@H](C)O2)CC2=CC[C@@H]3[C@H](CC[C@]4(C)[C@H](C(C)=O)CC[C@]34O)[C@]21C. The molecule has 0 aromatic heterocycles. The third-order valence-electron chi connectivity index (χ3n) is 17.0. The first-order chi connectivity index (χ1) is 28.9. The molecule has 14 nitrogen and oxygen atoms in total. The molecule has 346 valence electrons. The Hall–Kier alpha value is -1.82. The maximum absolute atomic E-state index is 13.6. The van der Waals surface area contributed by atoms with Crippen molar-refractivity contribution in [3.8, 4) is 0 Å². The summed E-state index contributed by atoms with van der Waals surface area (Å²) in [6, 6.07) is 0. The number of aliphatic hydroxyl groups is 3. The summed E-state index contributed by atoms with van der Waals surface area (Å²) in [5.74, 6) is -0.220. The smallest absolute Gasteiger partial charge is 0.333 e. The van der Waals surface area contributed by atoms with Crippen LogP contribution in [0, 0.1) is 34.5 Å². The second-order valence-corrected chi connectivity index (χ2v) is 19.9. The second-order valence-electron chi connectivity index (χ2n) is 19.9. The molecule has 3 saturated carbocycles. The maximum atomic E-state index is 13.6. The van der Waals surface area contributed by atoms with Gasteiger partial charge in [0, 0.05) is 56.5 Å². The van der Waals surface area contributed by atoms with Crippen LogP contribution in [-0.4, -0.2) is 140 Å². The molecule has 0 spiro atoms. The number of allylic oxidation sites excluding steroid dienone is 2. The summed E-state index contributed by atoms with van der Waals surface area (Å²) >= 11 is 0. The maximum Gasteiger partial charge on any atom is 0.333 e. The molecule has 0 aromatic rings. The number of hydrogen-bond donors (Lipinski definition) is 3. The average molecular weight is 863 g/mol. The topological polar surface area (TPSA) is 178 Å². The molecule has 0 bridgehead atoms. The Balaban J connectivity index is 1.06. The number of hydrogen-bond acceptors (Lipinski definition) is 14. The molecular weight excluding hydrogens is 789 g/mol. The molecule has 0 aromatic carbocycles. The number of esters is 1. The fraction of sp³-hybridized carbons (Fsp3) is 0.872. The number of fused-ring (bicyclic) bond motifs is 5. The van der Waals surface area contributed by atoms with Crippen molar-refractivity contribution in [2.45, 2.75) is 205 Å². The Morgan fingerprint density at radius 3 is 2.13 bits per heavy atom. The van der Waals surface area contributed by atoms with Gasteiger partial charge in [-0.05, 0) is 104 Å². The van der Waals surface area contributed by atoms with E-state index in [0.717, 1.165) is 25.7 Å². The van der Waals surface area contributed by atoms with Crippen molar-refractivity contribution in [2.75, 3.05) is 21.3 Å². The van der Waals surface area contributed by atoms with Crippen molar-refractivity contribution in [1.29, 1.82) is 0 Å². The van der Waals surface area contributed by atoms with Gasteiger partial charge in [-0.1, -0.05) is 31.6 Å². The molecule has 0 amide bonds. The van der Waals surface area contributed by atoms with Crippen molar-refractivity contribution in [3.05, 3.63) is 23.3 Å². The van der Waals surface area contributed by atoms with Gasteiger partial charge in [0.05, 0.1) is 42.2 Å². The predicted octanol–water partition coefficient (Wildman–Crippen LogP) is 4.97. The van der Waals surface area contributed by atoms with Crippen LogP contribution >= 0.6 is 0 Å². The zero-order valence-corrected chi connectivity index (χ0v) is 38.2. The monoisotopic (exact) mass is 863 g/mol. The molecular formula is C47H74O14. The standard InChI is InChI=1S/C47H74O14/c1-12-23(2)43(51)59-36-20-28(19-29-13-14-32-31(46(29,36)8)15-17-45(7)30(24(3)48)16-18-47(32,45)52)33-21-34(53-9)40(26(5)56-33)60-37-22-35(54-10)41(27(6)57-37)61-44-39(50)42(55-11)38(49)25(4)58-44/h12-13,25-28,30-42,44,49-50,52H,14-22H2,1-11H3/b23-12+/t25-,26-,27-,28-,30+,31+,32-,33-,34+,35+,36-,37+,38-,39-,40-,41-,42+,44+,45-,46+,47+/m1/s1. The van der Waals surface area contributed by atoms with Gasteiger partial charge in [-0.2, -0.15) is 0 Å². The van der Waals surface area contributed by atoms with Gasteiger partial charge in [0.1, 0.15) is 42.4 Å². The van der Waals surface area contributed by atoms with Gasteiger partial charge >= 0.3 is 5.97 Å². The minimum absolute atomic E-state index is 0.0341. The van der Waals surface area contributed by atoms with Crippen molar-refractivity contribution < 1.29 is 67.5 Å². The number of aliphatic hydroxyl groups excluding tert-OH is 2. The normalized spacial score (nSPS) is 50.2. The van der Waals surface area contributed by atoms with E-state index in [4.69, 9.17) is 42.6 Å². The van der Waals surface area contributed by atoms with Crippen LogP contribution in [0.3, 0.4) is 0 Å². The highest BCUT2D eigenvalue weighted by Crippen LogP contribution is 2.69. The van der Waals surface area contributed by atoms with Crippen LogP contribution in [-0.2, 0) is 52.2 Å². The second kappa shape index (κ2) is 18.2. The van der Waals surface area contributed by atoms with Gasteiger partial charge in [-0.3, -0.25) is 4.79 Å². The fourth-order valence-corrected chi connectivity index (χ4v) is 13.2. The summed E-state index contributed by atoms with van der Waals surface area (Å²) in [6.45, 7) is 15.2. The third-order valence-corrected chi connectivity index (χ3v) is 17.0. The van der Waals surface area contributed by atoms with Crippen LogP contribution in [0.1, 0.15) is 113 Å². The summed E-state index contributed by atoms with van der Waals surface area (Å²) in [7, 11) is 4.72. The number of rotatable bonds is 11. The van der Waals surface area contributed by atoms with E-state index in [1.807, 2.05) is 20.8 Å². The Morgan fingerprint density at radius 2 is 1.48 bits per heavy atom. The lowest BCUT2D eigenvalue weighted by Gasteiger charge is -2.62. The summed E-state index contributed by atoms with van der Waals surface area (Å²) in [5.41, 5.74) is -0.104. The molecule has 14 heteroatoms. The average Bonchev–Trinajstić information content (AvgIpc) is 3.52. The van der Waals surface area contributed by atoms with Crippen molar-refractivity contribution in [3.63, 3.8) is 0 Å². The first-order valence-corrected chi connectivity index (χ1v) is 22.8. The van der Waals surface area contributed by atoms with Gasteiger partial charge in [-0.25, -0.2) is 4.79 Å². The first-order valence-electron chi connectivity index (χ1n) is 22.8. The molecule has 21 atom stereocenters. The molecule has 3 heterocycles. The molecule has 0 unspecified atom stereocenters. The van der Waals surface area contributed by atoms with Crippen LogP contribution < -0.4 is 0 Å². The number of Topliss-reactive ketones (excluding diaryl/α,β-unsaturated/α-hetero) is 1. The molecule has 3 N–H and O–H groups in total. The molecule has 7 rings (SSSR count). The van der Waals surface area contributed by atoms with Crippen LogP contribution in [0.25, 0.3) is 0 Å². The number of carbonyl (C=O) groups is 2. The molecule has 4 aliphatic carbocycles. The van der Waals surface area contributed by atoms with Gasteiger partial charge < -0.3 is 58.0 Å². The van der Waals surface area contributed by atoms with E-state index in [2.05, 4.69) is 19.9 Å². The van der Waals surface area contributed by atoms with Crippen molar-refractivity contribution >= 4 is 11.8 Å².